The van der Waals surface area contributed by atoms with Crippen LogP contribution in [0.15, 0.2) is 18.2 Å². The molecule has 0 saturated carbocycles. The predicted octanol–water partition coefficient (Wildman–Crippen LogP) is 3.60. The van der Waals surface area contributed by atoms with Gasteiger partial charge in [-0.05, 0) is 58.2 Å². The highest BCUT2D eigenvalue weighted by atomic mass is 16.7. The summed E-state index contributed by atoms with van der Waals surface area (Å²) in [6, 6.07) is 2.17. The van der Waals surface area contributed by atoms with E-state index >= 15 is 0 Å². The zero-order valence-corrected chi connectivity index (χ0v) is 13.4. The van der Waals surface area contributed by atoms with Crippen LogP contribution in [-0.2, 0) is 15.7 Å². The van der Waals surface area contributed by atoms with Crippen molar-refractivity contribution >= 4 is 13.2 Å². The number of hydrogen-bond donors (Lipinski definition) is 0. The number of aryl methyl sites for hydroxylation is 2. The van der Waals surface area contributed by atoms with Crippen LogP contribution in [0.25, 0.3) is 6.08 Å². The van der Waals surface area contributed by atoms with E-state index in [0.29, 0.717) is 0 Å². The van der Waals surface area contributed by atoms with Crippen molar-refractivity contribution in [3.63, 3.8) is 0 Å². The van der Waals surface area contributed by atoms with Crippen molar-refractivity contribution in [2.45, 2.75) is 59.2 Å². The SMILES string of the molecule is CCc1cnc(C)c(/C=C/B2OC(C)(C)C(C)(C)O2)c1. The lowest BCUT2D eigenvalue weighted by Gasteiger charge is -2.32. The Morgan fingerprint density at radius 3 is 2.35 bits per heavy atom. The fourth-order valence-electron chi connectivity index (χ4n) is 2.11. The molecular weight excluding hydrogens is 249 g/mol. The van der Waals surface area contributed by atoms with Crippen LogP contribution in [0, 0.1) is 6.92 Å². The van der Waals surface area contributed by atoms with E-state index in [9.17, 15) is 0 Å². The topological polar surface area (TPSA) is 31.4 Å². The smallest absolute Gasteiger partial charge is 0.400 e. The Labute approximate surface area is 122 Å². The normalized spacial score (nSPS) is 20.8. The number of pyridine rings is 1. The number of hydrogen-bond acceptors (Lipinski definition) is 3. The maximum atomic E-state index is 5.95. The maximum absolute atomic E-state index is 5.95. The second-order valence-electron chi connectivity index (χ2n) is 6.36. The Hall–Kier alpha value is -1.13. The molecule has 0 radical (unpaired) electrons. The second kappa shape index (κ2) is 5.34. The van der Waals surface area contributed by atoms with Gasteiger partial charge < -0.3 is 9.31 Å². The summed E-state index contributed by atoms with van der Waals surface area (Å²) in [6.45, 7) is 12.4. The minimum atomic E-state index is -0.301. The summed E-state index contributed by atoms with van der Waals surface area (Å²) in [4.78, 5) is 4.42. The minimum Gasteiger partial charge on any atom is -0.400 e. The highest BCUT2D eigenvalue weighted by molar-refractivity contribution is 6.52. The molecule has 4 heteroatoms. The predicted molar refractivity (Wildman–Crippen MR) is 83.5 cm³/mol. The van der Waals surface area contributed by atoms with Crippen LogP contribution >= 0.6 is 0 Å². The minimum absolute atomic E-state index is 0.291. The molecule has 108 valence electrons. The molecule has 1 aliphatic rings. The lowest BCUT2D eigenvalue weighted by Crippen LogP contribution is -2.41. The van der Waals surface area contributed by atoms with Gasteiger partial charge in [0.25, 0.3) is 0 Å². The first-order valence-corrected chi connectivity index (χ1v) is 7.24. The largest absolute Gasteiger partial charge is 0.487 e. The highest BCUT2D eigenvalue weighted by Crippen LogP contribution is 2.37. The van der Waals surface area contributed by atoms with Gasteiger partial charge in [-0.3, -0.25) is 4.98 Å². The third-order valence-corrected chi connectivity index (χ3v) is 4.30. The van der Waals surface area contributed by atoms with Crippen molar-refractivity contribution < 1.29 is 9.31 Å². The molecule has 2 heterocycles. The first-order valence-electron chi connectivity index (χ1n) is 7.24. The molecule has 0 unspecified atom stereocenters. The van der Waals surface area contributed by atoms with Gasteiger partial charge in [0.05, 0.1) is 11.2 Å². The fraction of sp³-hybridized carbons (Fsp3) is 0.562. The summed E-state index contributed by atoms with van der Waals surface area (Å²) >= 11 is 0. The van der Waals surface area contributed by atoms with Gasteiger partial charge in [-0.25, -0.2) is 0 Å². The lowest BCUT2D eigenvalue weighted by atomic mass is 9.89. The van der Waals surface area contributed by atoms with Crippen LogP contribution < -0.4 is 0 Å². The van der Waals surface area contributed by atoms with E-state index in [4.69, 9.17) is 9.31 Å². The zero-order valence-electron chi connectivity index (χ0n) is 13.4. The van der Waals surface area contributed by atoms with E-state index in [1.165, 1.54) is 5.56 Å². The molecule has 0 aromatic carbocycles. The molecule has 20 heavy (non-hydrogen) atoms. The maximum Gasteiger partial charge on any atom is 0.487 e. The Kier molecular flexibility index (Phi) is 4.08. The van der Waals surface area contributed by atoms with E-state index < -0.39 is 0 Å². The summed E-state index contributed by atoms with van der Waals surface area (Å²) in [5.41, 5.74) is 2.81. The quantitative estimate of drug-likeness (QED) is 0.788. The summed E-state index contributed by atoms with van der Waals surface area (Å²) in [5, 5.41) is 0. The molecule has 2 rings (SSSR count). The zero-order chi connectivity index (χ0) is 15.0. The van der Waals surface area contributed by atoms with Crippen LogP contribution in [0.1, 0.15) is 51.4 Å². The van der Waals surface area contributed by atoms with Gasteiger partial charge in [-0.1, -0.05) is 19.0 Å². The van der Waals surface area contributed by atoms with E-state index in [0.717, 1.165) is 17.7 Å². The van der Waals surface area contributed by atoms with E-state index in [-0.39, 0.29) is 18.3 Å². The molecule has 3 nitrogen and oxygen atoms in total. The Morgan fingerprint density at radius 2 is 1.80 bits per heavy atom. The van der Waals surface area contributed by atoms with Crippen LogP contribution in [0.2, 0.25) is 0 Å². The molecule has 0 atom stereocenters. The average Bonchev–Trinajstić information content (AvgIpc) is 2.57. The number of nitrogens with zero attached hydrogens (tertiary/aromatic N) is 1. The third-order valence-electron chi connectivity index (χ3n) is 4.30. The molecule has 0 N–H and O–H groups in total. The molecule has 1 aromatic heterocycles. The first kappa shape index (κ1) is 15.3. The standard InChI is InChI=1S/C16H24BNO2/c1-7-13-10-14(12(2)18-11-13)8-9-17-19-15(3,4)16(5,6)20-17/h8-11H,7H2,1-6H3/b9-8+. The van der Waals surface area contributed by atoms with Gasteiger partial charge in [0.2, 0.25) is 0 Å². The van der Waals surface area contributed by atoms with Crippen LogP contribution in [-0.4, -0.2) is 23.3 Å². The molecular formula is C16H24BNO2. The highest BCUT2D eigenvalue weighted by Gasteiger charge is 2.49. The summed E-state index contributed by atoms with van der Waals surface area (Å²) in [5.74, 6) is 1.97. The van der Waals surface area contributed by atoms with Gasteiger partial charge in [0.15, 0.2) is 0 Å². The summed E-state index contributed by atoms with van der Waals surface area (Å²) in [7, 11) is -0.301. The van der Waals surface area contributed by atoms with E-state index in [1.807, 2.05) is 25.2 Å². The molecule has 1 aromatic rings. The Morgan fingerprint density at radius 1 is 1.20 bits per heavy atom. The van der Waals surface area contributed by atoms with Gasteiger partial charge in [-0.15, -0.1) is 0 Å². The second-order valence-corrected chi connectivity index (χ2v) is 6.36. The number of rotatable bonds is 3. The van der Waals surface area contributed by atoms with Crippen molar-refractivity contribution in [1.82, 2.24) is 4.98 Å². The van der Waals surface area contributed by atoms with Gasteiger partial charge in [0, 0.05) is 11.9 Å². The Balaban J connectivity index is 2.15. The summed E-state index contributed by atoms with van der Waals surface area (Å²) < 4.78 is 11.9. The molecule has 0 spiro atoms. The van der Waals surface area contributed by atoms with Crippen molar-refractivity contribution in [3.8, 4) is 0 Å². The van der Waals surface area contributed by atoms with Gasteiger partial charge in [0.1, 0.15) is 0 Å². The lowest BCUT2D eigenvalue weighted by molar-refractivity contribution is 0.00578. The molecule has 0 bridgehead atoms. The van der Waals surface area contributed by atoms with Gasteiger partial charge in [-0.2, -0.15) is 0 Å². The van der Waals surface area contributed by atoms with Crippen molar-refractivity contribution in [1.29, 1.82) is 0 Å². The van der Waals surface area contributed by atoms with Crippen molar-refractivity contribution in [3.05, 3.63) is 35.1 Å². The number of aromatic nitrogens is 1. The van der Waals surface area contributed by atoms with Crippen LogP contribution in [0.5, 0.6) is 0 Å². The van der Waals surface area contributed by atoms with Crippen molar-refractivity contribution in [2.75, 3.05) is 0 Å². The van der Waals surface area contributed by atoms with Crippen LogP contribution in [0.3, 0.4) is 0 Å². The Bertz CT molecular complexity index is 507. The monoisotopic (exact) mass is 273 g/mol. The third kappa shape index (κ3) is 2.96. The molecule has 1 saturated heterocycles. The molecule has 1 fully saturated rings. The van der Waals surface area contributed by atoms with Gasteiger partial charge >= 0.3 is 7.12 Å². The van der Waals surface area contributed by atoms with Crippen molar-refractivity contribution in [2.24, 2.45) is 0 Å². The summed E-state index contributed by atoms with van der Waals surface area (Å²) in [6.07, 6.45) is 4.97. The van der Waals surface area contributed by atoms with Crippen LogP contribution in [0.4, 0.5) is 0 Å². The average molecular weight is 273 g/mol. The molecule has 0 amide bonds. The fourth-order valence-corrected chi connectivity index (χ4v) is 2.11. The van der Waals surface area contributed by atoms with E-state index in [1.54, 1.807) is 0 Å². The van der Waals surface area contributed by atoms with E-state index in [2.05, 4.69) is 45.7 Å². The molecule has 1 aliphatic heterocycles. The molecule has 0 aliphatic carbocycles. The first-order chi connectivity index (χ1) is 9.25.